The number of nitrogens with zero attached hydrogens (tertiary/aromatic N) is 6. The Bertz CT molecular complexity index is 1570. The maximum absolute atomic E-state index is 11.8. The van der Waals surface area contributed by atoms with Crippen molar-refractivity contribution in [3.05, 3.63) is 59.1 Å². The van der Waals surface area contributed by atoms with Crippen molar-refractivity contribution >= 4 is 17.0 Å². The Morgan fingerprint density at radius 2 is 2.02 bits per heavy atom. The first kappa shape index (κ1) is 25.2. The first-order chi connectivity index (χ1) is 19.5. The third-order valence-electron chi connectivity index (χ3n) is 9.53. The molecule has 0 amide bonds. The van der Waals surface area contributed by atoms with E-state index in [9.17, 15) is 4.79 Å². The molecule has 0 saturated heterocycles. The van der Waals surface area contributed by atoms with Crippen LogP contribution in [0.25, 0.3) is 22.8 Å². The molecular formula is C30H36N8O2. The van der Waals surface area contributed by atoms with E-state index in [1.54, 1.807) is 0 Å². The van der Waals surface area contributed by atoms with E-state index in [4.69, 9.17) is 19.5 Å². The van der Waals surface area contributed by atoms with Crippen molar-refractivity contribution in [1.82, 2.24) is 34.6 Å². The SMILES string of the molecule is C=C[C@H]1CC[C@H](Cn2c(C3(c4cccnc4)CC3)nc3nc(-c4noc(=O)[nH]4)nc(N[C@H](C)C4CCC4)c32)CC1. The molecule has 1 atom stereocenters. The summed E-state index contributed by atoms with van der Waals surface area (Å²) in [7, 11) is 0. The molecule has 0 bridgehead atoms. The maximum Gasteiger partial charge on any atom is 0.439 e. The average molecular weight is 541 g/mol. The van der Waals surface area contributed by atoms with Gasteiger partial charge in [-0.15, -0.1) is 6.58 Å². The third-order valence-corrected chi connectivity index (χ3v) is 9.53. The molecule has 4 heterocycles. The Morgan fingerprint density at radius 1 is 1.20 bits per heavy atom. The first-order valence-corrected chi connectivity index (χ1v) is 14.7. The van der Waals surface area contributed by atoms with Gasteiger partial charge in [0.15, 0.2) is 11.5 Å². The van der Waals surface area contributed by atoms with Crippen LogP contribution in [0.2, 0.25) is 0 Å². The predicted molar refractivity (Wildman–Crippen MR) is 152 cm³/mol. The Balaban J connectivity index is 1.38. The second kappa shape index (κ2) is 9.98. The minimum Gasteiger partial charge on any atom is -0.365 e. The molecule has 3 fully saturated rings. The highest BCUT2D eigenvalue weighted by atomic mass is 16.5. The van der Waals surface area contributed by atoms with Crippen LogP contribution in [-0.2, 0) is 12.0 Å². The van der Waals surface area contributed by atoms with Crippen molar-refractivity contribution in [1.29, 1.82) is 0 Å². The van der Waals surface area contributed by atoms with Crippen molar-refractivity contribution in [3.8, 4) is 11.6 Å². The summed E-state index contributed by atoms with van der Waals surface area (Å²) in [6, 6.07) is 4.41. The molecule has 3 aliphatic rings. The van der Waals surface area contributed by atoms with Crippen LogP contribution in [0.1, 0.15) is 76.1 Å². The molecule has 0 unspecified atom stereocenters. The number of imidazole rings is 1. The van der Waals surface area contributed by atoms with E-state index in [2.05, 4.69) is 50.7 Å². The van der Waals surface area contributed by atoms with E-state index < -0.39 is 5.76 Å². The maximum atomic E-state index is 11.8. The number of hydrogen-bond acceptors (Lipinski definition) is 8. The lowest BCUT2D eigenvalue weighted by Gasteiger charge is -2.32. The first-order valence-electron chi connectivity index (χ1n) is 14.7. The zero-order valence-corrected chi connectivity index (χ0v) is 23.0. The highest BCUT2D eigenvalue weighted by Crippen LogP contribution is 2.54. The zero-order chi connectivity index (χ0) is 27.3. The number of pyridine rings is 1. The summed E-state index contributed by atoms with van der Waals surface area (Å²) in [4.78, 5) is 33.8. The number of fused-ring (bicyclic) bond motifs is 1. The van der Waals surface area contributed by atoms with Crippen LogP contribution in [0.5, 0.6) is 0 Å². The molecule has 40 heavy (non-hydrogen) atoms. The number of rotatable bonds is 9. The monoisotopic (exact) mass is 540 g/mol. The Kier molecular flexibility index (Phi) is 6.28. The molecule has 4 aromatic rings. The third kappa shape index (κ3) is 4.43. The second-order valence-corrected chi connectivity index (χ2v) is 12.0. The minimum absolute atomic E-state index is 0.188. The van der Waals surface area contributed by atoms with Crippen molar-refractivity contribution in [2.45, 2.75) is 82.7 Å². The Hall–Kier alpha value is -3.82. The summed E-state index contributed by atoms with van der Waals surface area (Å²) < 4.78 is 7.19. The molecule has 10 heteroatoms. The summed E-state index contributed by atoms with van der Waals surface area (Å²) in [6.07, 6.45) is 16.3. The standard InChI is InChI=1S/C30H36N8O2/c1-3-19-9-11-20(12-10-19)17-38-23-24(32-18(2)21-6-4-7-21)33-26(27-36-29(39)40-37-27)34-25(23)35-28(38)30(13-14-30)22-8-5-15-31-16-22/h3,5,8,15-16,18-21H,1,4,6-7,9-14,17H2,2H3,(H,32,33,34)(H,36,37,39)/t18-,19-,20-/m1/s1. The lowest BCUT2D eigenvalue weighted by atomic mass is 9.80. The highest BCUT2D eigenvalue weighted by molar-refractivity contribution is 5.86. The normalized spacial score (nSPS) is 23.0. The summed E-state index contributed by atoms with van der Waals surface area (Å²) >= 11 is 0. The van der Waals surface area contributed by atoms with Crippen molar-refractivity contribution in [2.75, 3.05) is 5.32 Å². The number of aromatic amines is 1. The van der Waals surface area contributed by atoms with Crippen molar-refractivity contribution in [3.63, 3.8) is 0 Å². The van der Waals surface area contributed by atoms with Crippen LogP contribution in [0.3, 0.4) is 0 Å². The van der Waals surface area contributed by atoms with Gasteiger partial charge in [0.25, 0.3) is 0 Å². The quantitative estimate of drug-likeness (QED) is 0.276. The van der Waals surface area contributed by atoms with Gasteiger partial charge in [-0.2, -0.15) is 0 Å². The van der Waals surface area contributed by atoms with E-state index in [0.29, 0.717) is 29.2 Å². The Morgan fingerprint density at radius 3 is 2.65 bits per heavy atom. The van der Waals surface area contributed by atoms with Gasteiger partial charge in [-0.25, -0.2) is 19.7 Å². The van der Waals surface area contributed by atoms with E-state index in [1.165, 1.54) is 37.7 Å². The van der Waals surface area contributed by atoms with Crippen LogP contribution >= 0.6 is 0 Å². The number of aromatic nitrogens is 7. The molecule has 2 N–H and O–H groups in total. The van der Waals surface area contributed by atoms with Crippen LogP contribution < -0.4 is 11.1 Å². The fraction of sp³-hybridized carbons (Fsp3) is 0.533. The van der Waals surface area contributed by atoms with Gasteiger partial charge in [-0.3, -0.25) is 14.5 Å². The Labute approximate surface area is 232 Å². The lowest BCUT2D eigenvalue weighted by molar-refractivity contribution is 0.280. The van der Waals surface area contributed by atoms with Gasteiger partial charge in [0.2, 0.25) is 11.6 Å². The predicted octanol–water partition coefficient (Wildman–Crippen LogP) is 5.24. The molecule has 0 aliphatic heterocycles. The van der Waals surface area contributed by atoms with Gasteiger partial charge < -0.3 is 9.88 Å². The smallest absolute Gasteiger partial charge is 0.365 e. The highest BCUT2D eigenvalue weighted by Gasteiger charge is 2.50. The number of hydrogen-bond donors (Lipinski definition) is 2. The zero-order valence-electron chi connectivity index (χ0n) is 23.0. The molecule has 4 aromatic heterocycles. The van der Waals surface area contributed by atoms with E-state index in [0.717, 1.165) is 49.4 Å². The molecule has 3 aliphatic carbocycles. The summed E-state index contributed by atoms with van der Waals surface area (Å²) in [5, 5.41) is 7.61. The largest absolute Gasteiger partial charge is 0.439 e. The molecule has 10 nitrogen and oxygen atoms in total. The number of anilines is 1. The molecule has 7 rings (SSSR count). The molecule has 3 saturated carbocycles. The molecule has 0 radical (unpaired) electrons. The lowest BCUT2D eigenvalue weighted by Crippen LogP contribution is -2.31. The number of H-pyrrole nitrogens is 1. The van der Waals surface area contributed by atoms with Gasteiger partial charge in [0.05, 0.1) is 5.41 Å². The second-order valence-electron chi connectivity index (χ2n) is 12.0. The van der Waals surface area contributed by atoms with Gasteiger partial charge >= 0.3 is 5.76 Å². The number of allylic oxidation sites excluding steroid dienone is 1. The van der Waals surface area contributed by atoms with E-state index in [1.807, 2.05) is 18.5 Å². The van der Waals surface area contributed by atoms with E-state index in [-0.39, 0.29) is 17.3 Å². The summed E-state index contributed by atoms with van der Waals surface area (Å²) in [5.41, 5.74) is 2.54. The molecule has 0 spiro atoms. The van der Waals surface area contributed by atoms with E-state index >= 15 is 0 Å². The van der Waals surface area contributed by atoms with Crippen LogP contribution in [0.15, 0.2) is 46.5 Å². The summed E-state index contributed by atoms with van der Waals surface area (Å²) in [5.74, 6) is 3.40. The minimum atomic E-state index is -0.633. The van der Waals surface area contributed by atoms with Gasteiger partial charge in [-0.1, -0.05) is 23.7 Å². The van der Waals surface area contributed by atoms with Crippen LogP contribution in [0, 0.1) is 17.8 Å². The fourth-order valence-electron chi connectivity index (χ4n) is 6.66. The topological polar surface area (TPSA) is 127 Å². The molecular weight excluding hydrogens is 504 g/mol. The van der Waals surface area contributed by atoms with Crippen LogP contribution in [0.4, 0.5) is 5.82 Å². The van der Waals surface area contributed by atoms with Gasteiger partial charge in [0.1, 0.15) is 11.3 Å². The van der Waals surface area contributed by atoms with Gasteiger partial charge in [-0.05, 0) is 87.7 Å². The van der Waals surface area contributed by atoms with Gasteiger partial charge in [0, 0.05) is 25.0 Å². The van der Waals surface area contributed by atoms with Crippen molar-refractivity contribution < 1.29 is 4.52 Å². The fourth-order valence-corrected chi connectivity index (χ4v) is 6.66. The summed E-state index contributed by atoms with van der Waals surface area (Å²) in [6.45, 7) is 7.13. The molecule has 0 aromatic carbocycles. The molecule has 208 valence electrons. The van der Waals surface area contributed by atoms with Crippen molar-refractivity contribution in [2.24, 2.45) is 17.8 Å². The average Bonchev–Trinajstić information content (AvgIpc) is 3.50. The number of nitrogens with one attached hydrogen (secondary N) is 2. The van der Waals surface area contributed by atoms with Crippen LogP contribution in [-0.4, -0.2) is 40.7 Å².